The van der Waals surface area contributed by atoms with Crippen molar-refractivity contribution in [3.8, 4) is 11.7 Å². The van der Waals surface area contributed by atoms with Gasteiger partial charge in [-0.1, -0.05) is 12.1 Å². The molecule has 0 unspecified atom stereocenters. The van der Waals surface area contributed by atoms with Gasteiger partial charge in [-0.2, -0.15) is 13.8 Å². The molecule has 1 N–H and O–H groups in total. The molecule has 1 amide bonds. The van der Waals surface area contributed by atoms with E-state index in [0.717, 1.165) is 6.42 Å². The van der Waals surface area contributed by atoms with Gasteiger partial charge >= 0.3 is 5.76 Å². The minimum atomic E-state index is -4.79. The summed E-state index contributed by atoms with van der Waals surface area (Å²) in [6.07, 6.45) is 7.37. The Morgan fingerprint density at radius 2 is 2.15 bits per heavy atom. The molecule has 13 heteroatoms. The van der Waals surface area contributed by atoms with Crippen molar-refractivity contribution >= 4 is 21.6 Å². The molecule has 3 heterocycles. The van der Waals surface area contributed by atoms with Crippen LogP contribution in [-0.2, 0) is 10.0 Å². The van der Waals surface area contributed by atoms with Gasteiger partial charge in [-0.15, -0.1) is 0 Å². The summed E-state index contributed by atoms with van der Waals surface area (Å²) in [6, 6.07) is 5.77. The smallest absolute Gasteiger partial charge is 0.355 e. The summed E-state index contributed by atoms with van der Waals surface area (Å²) in [4.78, 5) is 27.5. The van der Waals surface area contributed by atoms with Crippen LogP contribution >= 0.6 is 0 Å². The van der Waals surface area contributed by atoms with E-state index in [1.165, 1.54) is 30.9 Å². The summed E-state index contributed by atoms with van der Waals surface area (Å²) in [7, 11) is -4.79. The summed E-state index contributed by atoms with van der Waals surface area (Å²) in [6.45, 7) is 2.74. The predicted molar refractivity (Wildman–Crippen MR) is 118 cm³/mol. The van der Waals surface area contributed by atoms with Gasteiger partial charge in [-0.05, 0) is 37.5 Å². The van der Waals surface area contributed by atoms with Gasteiger partial charge in [0.15, 0.2) is 5.82 Å². The van der Waals surface area contributed by atoms with Gasteiger partial charge in [0.25, 0.3) is 15.9 Å². The van der Waals surface area contributed by atoms with Crippen molar-refractivity contribution < 1.29 is 26.7 Å². The zero-order chi connectivity index (χ0) is 24.3. The summed E-state index contributed by atoms with van der Waals surface area (Å²) in [5.74, 6) is -3.07. The molecule has 0 aliphatic carbocycles. The lowest BCUT2D eigenvalue weighted by atomic mass is 10.0. The average Bonchev–Trinajstić information content (AvgIpc) is 3.49. The predicted octanol–water partition coefficient (Wildman–Crippen LogP) is 3.00. The molecule has 1 aliphatic rings. The number of hydrogen-bond acceptors (Lipinski definition) is 7. The maximum Gasteiger partial charge on any atom is 0.355 e. The van der Waals surface area contributed by atoms with Crippen LogP contribution in [-0.4, -0.2) is 57.7 Å². The molecular weight excluding hydrogens is 470 g/mol. The minimum absolute atomic E-state index is 0.00845. The highest BCUT2D eigenvalue weighted by Crippen LogP contribution is 2.34. The third-order valence-corrected chi connectivity index (χ3v) is 6.23. The molecule has 1 atom stereocenters. The van der Waals surface area contributed by atoms with Crippen LogP contribution in [0.2, 0.25) is 0 Å². The number of anilines is 1. The van der Waals surface area contributed by atoms with E-state index in [-0.39, 0.29) is 23.3 Å². The van der Waals surface area contributed by atoms with Crippen LogP contribution in [0.5, 0.6) is 5.88 Å². The average molecular weight is 493 g/mol. The van der Waals surface area contributed by atoms with Gasteiger partial charge in [-0.3, -0.25) is 19.1 Å². The molecule has 0 saturated carbocycles. The molecule has 0 bridgehead atoms. The van der Waals surface area contributed by atoms with Crippen molar-refractivity contribution in [3.05, 3.63) is 60.4 Å². The lowest BCUT2D eigenvalue weighted by molar-refractivity contribution is 0.0730. The van der Waals surface area contributed by atoms with Crippen molar-refractivity contribution in [2.75, 3.05) is 17.9 Å². The number of halogens is 2. The highest BCUT2D eigenvalue weighted by Gasteiger charge is 2.32. The standard InChI is InChI=1S/C21H22F2N6O4S/c1-2-33-19-11-24-10-18(26-19)28-12-16(25-13-28)20(30)29-8-4-7-17(29)14-5-3-6-15(9-14)27-34(31,32)21(22)23/h3,5-6,9-13,17,21,27H,2,4,7-8H2,1H3/t17-/m1/s1. The fraction of sp³-hybridized carbons (Fsp3) is 0.333. The molecule has 1 saturated heterocycles. The quantitative estimate of drug-likeness (QED) is 0.513. The number of likely N-dealkylation sites (tertiary alicyclic amines) is 1. The largest absolute Gasteiger partial charge is 0.477 e. The maximum atomic E-state index is 13.2. The molecule has 0 radical (unpaired) electrons. The Balaban J connectivity index is 1.54. The fourth-order valence-corrected chi connectivity index (χ4v) is 4.31. The molecule has 2 aromatic heterocycles. The number of sulfonamides is 1. The first-order valence-corrected chi connectivity index (χ1v) is 12.0. The fourth-order valence-electron chi connectivity index (χ4n) is 3.76. The maximum absolute atomic E-state index is 13.2. The van der Waals surface area contributed by atoms with Crippen molar-refractivity contribution in [2.24, 2.45) is 0 Å². The number of rotatable bonds is 8. The zero-order valence-corrected chi connectivity index (χ0v) is 19.0. The van der Waals surface area contributed by atoms with Crippen LogP contribution < -0.4 is 9.46 Å². The van der Waals surface area contributed by atoms with Crippen molar-refractivity contribution in [3.63, 3.8) is 0 Å². The van der Waals surface area contributed by atoms with Gasteiger partial charge in [-0.25, -0.2) is 13.4 Å². The number of ether oxygens (including phenoxy) is 1. The second kappa shape index (κ2) is 9.71. The van der Waals surface area contributed by atoms with Crippen molar-refractivity contribution in [1.29, 1.82) is 0 Å². The number of carbonyl (C=O) groups excluding carboxylic acids is 1. The molecule has 0 spiro atoms. The number of amides is 1. The summed E-state index contributed by atoms with van der Waals surface area (Å²) in [5, 5.41) is 0. The topological polar surface area (TPSA) is 119 Å². The van der Waals surface area contributed by atoms with Crippen LogP contribution in [0.15, 0.2) is 49.2 Å². The Morgan fingerprint density at radius 1 is 1.32 bits per heavy atom. The SMILES string of the molecule is CCOc1cncc(-n2cnc(C(=O)N3CCC[C@@H]3c3cccc(NS(=O)(=O)C(F)F)c3)c2)n1. The Morgan fingerprint density at radius 3 is 2.91 bits per heavy atom. The van der Waals surface area contributed by atoms with E-state index in [9.17, 15) is 22.0 Å². The molecule has 4 rings (SSSR count). The second-order valence-electron chi connectivity index (χ2n) is 7.50. The summed E-state index contributed by atoms with van der Waals surface area (Å²) in [5.41, 5.74) is 0.842. The molecule has 34 heavy (non-hydrogen) atoms. The van der Waals surface area contributed by atoms with E-state index < -0.39 is 15.8 Å². The van der Waals surface area contributed by atoms with Gasteiger partial charge in [0.1, 0.15) is 12.0 Å². The van der Waals surface area contributed by atoms with Crippen LogP contribution in [0.1, 0.15) is 41.9 Å². The molecule has 1 fully saturated rings. The van der Waals surface area contributed by atoms with Gasteiger partial charge in [0.05, 0.1) is 25.0 Å². The zero-order valence-electron chi connectivity index (χ0n) is 18.1. The van der Waals surface area contributed by atoms with E-state index in [1.54, 1.807) is 27.8 Å². The number of nitrogens with one attached hydrogen (secondary N) is 1. The first kappa shape index (κ1) is 23.5. The van der Waals surface area contributed by atoms with Crippen LogP contribution in [0, 0.1) is 0 Å². The lowest BCUT2D eigenvalue weighted by Gasteiger charge is -2.25. The normalized spacial score (nSPS) is 16.1. The minimum Gasteiger partial charge on any atom is -0.477 e. The summed E-state index contributed by atoms with van der Waals surface area (Å²) >= 11 is 0. The van der Waals surface area contributed by atoms with E-state index in [1.807, 2.05) is 11.6 Å². The molecule has 1 aromatic carbocycles. The second-order valence-corrected chi connectivity index (χ2v) is 9.15. The molecule has 1 aliphatic heterocycles. The first-order valence-electron chi connectivity index (χ1n) is 10.5. The molecular formula is C21H22F2N6O4S. The third kappa shape index (κ3) is 4.98. The molecule has 180 valence electrons. The summed E-state index contributed by atoms with van der Waals surface area (Å²) < 4.78 is 57.2. The lowest BCUT2D eigenvalue weighted by Crippen LogP contribution is -2.31. The number of hydrogen-bond donors (Lipinski definition) is 1. The third-order valence-electron chi connectivity index (χ3n) is 5.24. The van der Waals surface area contributed by atoms with E-state index in [0.29, 0.717) is 36.8 Å². The van der Waals surface area contributed by atoms with Crippen LogP contribution in [0.25, 0.3) is 5.82 Å². The van der Waals surface area contributed by atoms with E-state index in [4.69, 9.17) is 4.74 Å². The number of alkyl halides is 2. The van der Waals surface area contributed by atoms with E-state index in [2.05, 4.69) is 15.0 Å². The van der Waals surface area contributed by atoms with Crippen molar-refractivity contribution in [1.82, 2.24) is 24.4 Å². The highest BCUT2D eigenvalue weighted by atomic mass is 32.2. The highest BCUT2D eigenvalue weighted by molar-refractivity contribution is 7.93. The van der Waals surface area contributed by atoms with Gasteiger partial charge in [0.2, 0.25) is 5.88 Å². The first-order chi connectivity index (χ1) is 16.3. The van der Waals surface area contributed by atoms with Crippen LogP contribution in [0.3, 0.4) is 0 Å². The number of imidazole rings is 1. The number of carbonyl (C=O) groups is 1. The Kier molecular flexibility index (Phi) is 6.72. The Labute approximate surface area is 194 Å². The number of benzene rings is 1. The van der Waals surface area contributed by atoms with E-state index >= 15 is 0 Å². The Bertz CT molecular complexity index is 1280. The van der Waals surface area contributed by atoms with Crippen molar-refractivity contribution in [2.45, 2.75) is 31.6 Å². The van der Waals surface area contributed by atoms with Crippen LogP contribution in [0.4, 0.5) is 14.5 Å². The molecule has 3 aromatic rings. The monoisotopic (exact) mass is 492 g/mol. The van der Waals surface area contributed by atoms with Gasteiger partial charge < -0.3 is 9.64 Å². The Hall–Kier alpha value is -3.61. The van der Waals surface area contributed by atoms with Gasteiger partial charge in [0, 0.05) is 18.4 Å². The number of nitrogens with zero attached hydrogens (tertiary/aromatic N) is 5. The number of aromatic nitrogens is 4. The molecule has 10 nitrogen and oxygen atoms in total.